The zero-order valence-electron chi connectivity index (χ0n) is 23.4. The molecule has 7 heteroatoms. The molecule has 36 heavy (non-hydrogen) atoms. The molecule has 1 saturated carbocycles. The van der Waals surface area contributed by atoms with E-state index in [0.29, 0.717) is 24.0 Å². The zero-order valence-corrected chi connectivity index (χ0v) is 24.2. The summed E-state index contributed by atoms with van der Waals surface area (Å²) in [7, 11) is 1.83. The highest BCUT2D eigenvalue weighted by molar-refractivity contribution is 8.15. The molecule has 3 unspecified atom stereocenters. The molecule has 1 aliphatic carbocycles. The molecule has 0 bridgehead atoms. The standard InChI is InChI=1S/C26H45N5OS.C3H6/c1-6-10-22(27)11-9-12-23(32)31-17-14-21(15-18-31)25(4,8-3)33-24(29-5)30-26(28)16-13-20(7-2)19-26;1-3-2/h8-11,20-21H,3,6-7,12-19,27-28H2,1-2,4-5H3,(H,29,30);3H,1H2,2H3/b11-9-,22-10+;. The van der Waals surface area contributed by atoms with E-state index in [4.69, 9.17) is 11.5 Å². The summed E-state index contributed by atoms with van der Waals surface area (Å²) in [6.45, 7) is 17.5. The lowest BCUT2D eigenvalue weighted by Crippen LogP contribution is -2.54. The van der Waals surface area contributed by atoms with Crippen LogP contribution in [-0.2, 0) is 4.79 Å². The Morgan fingerprint density at radius 3 is 2.42 bits per heavy atom. The molecule has 1 saturated heterocycles. The van der Waals surface area contributed by atoms with Crippen molar-refractivity contribution in [3.63, 3.8) is 0 Å². The molecule has 3 atom stereocenters. The number of carbonyl (C=O) groups excluding carboxylic acids is 1. The third kappa shape index (κ3) is 10.2. The third-order valence-electron chi connectivity index (χ3n) is 7.21. The van der Waals surface area contributed by atoms with Crippen molar-refractivity contribution < 1.29 is 4.79 Å². The zero-order chi connectivity index (χ0) is 27.2. The summed E-state index contributed by atoms with van der Waals surface area (Å²) >= 11 is 1.73. The lowest BCUT2D eigenvalue weighted by Gasteiger charge is -2.41. The maximum absolute atomic E-state index is 12.6. The van der Waals surface area contributed by atoms with Crippen LogP contribution in [-0.4, -0.2) is 46.5 Å². The minimum Gasteiger partial charge on any atom is -0.399 e. The monoisotopic (exact) mass is 517 g/mol. The van der Waals surface area contributed by atoms with Crippen LogP contribution in [0.1, 0.15) is 79.1 Å². The van der Waals surface area contributed by atoms with Crippen molar-refractivity contribution in [2.24, 2.45) is 28.3 Å². The van der Waals surface area contributed by atoms with Gasteiger partial charge in [-0.15, -0.1) is 13.2 Å². The normalized spacial score (nSPS) is 25.2. The predicted octanol–water partition coefficient (Wildman–Crippen LogP) is 5.73. The van der Waals surface area contributed by atoms with Gasteiger partial charge in [-0.1, -0.05) is 56.3 Å². The average Bonchev–Trinajstić information content (AvgIpc) is 3.25. The van der Waals surface area contributed by atoms with Crippen LogP contribution in [0, 0.1) is 11.8 Å². The van der Waals surface area contributed by atoms with Gasteiger partial charge in [0.2, 0.25) is 5.91 Å². The van der Waals surface area contributed by atoms with E-state index in [0.717, 1.165) is 50.4 Å². The first-order chi connectivity index (χ1) is 17.1. The van der Waals surface area contributed by atoms with Crippen molar-refractivity contribution >= 4 is 22.8 Å². The average molecular weight is 518 g/mol. The number of thioether (sulfide) groups is 1. The van der Waals surface area contributed by atoms with Gasteiger partial charge in [0.1, 0.15) is 0 Å². The molecule has 0 aromatic carbocycles. The van der Waals surface area contributed by atoms with Crippen molar-refractivity contribution in [1.82, 2.24) is 10.2 Å². The summed E-state index contributed by atoms with van der Waals surface area (Å²) < 4.78 is -0.171. The fraction of sp³-hybridized carbons (Fsp3) is 0.655. The number of amides is 1. The lowest BCUT2D eigenvalue weighted by molar-refractivity contribution is -0.131. The van der Waals surface area contributed by atoms with Crippen LogP contribution in [0.5, 0.6) is 0 Å². The van der Waals surface area contributed by atoms with Gasteiger partial charge >= 0.3 is 0 Å². The molecule has 0 spiro atoms. The Bertz CT molecular complexity index is 799. The fourth-order valence-electron chi connectivity index (χ4n) is 4.91. The first-order valence-corrected chi connectivity index (χ1v) is 14.2. The van der Waals surface area contributed by atoms with Crippen molar-refractivity contribution in [3.05, 3.63) is 49.2 Å². The van der Waals surface area contributed by atoms with E-state index in [9.17, 15) is 4.79 Å². The summed E-state index contributed by atoms with van der Waals surface area (Å²) in [5.41, 5.74) is 12.9. The Morgan fingerprint density at radius 2 is 1.92 bits per heavy atom. The number of nitrogens with one attached hydrogen (secondary N) is 1. The van der Waals surface area contributed by atoms with Crippen molar-refractivity contribution in [1.29, 1.82) is 0 Å². The maximum atomic E-state index is 12.6. The number of aliphatic imine (C=N–C) groups is 1. The van der Waals surface area contributed by atoms with E-state index >= 15 is 0 Å². The van der Waals surface area contributed by atoms with Crippen LogP contribution in [0.4, 0.5) is 0 Å². The molecule has 5 N–H and O–H groups in total. The predicted molar refractivity (Wildman–Crippen MR) is 159 cm³/mol. The molecule has 0 radical (unpaired) electrons. The second kappa shape index (κ2) is 16.0. The second-order valence-corrected chi connectivity index (χ2v) is 11.6. The highest BCUT2D eigenvalue weighted by Gasteiger charge is 2.40. The van der Waals surface area contributed by atoms with Crippen LogP contribution in [0.3, 0.4) is 0 Å². The molecule has 1 amide bonds. The van der Waals surface area contributed by atoms with E-state index in [1.54, 1.807) is 17.8 Å². The molecule has 1 heterocycles. The van der Waals surface area contributed by atoms with E-state index in [1.165, 1.54) is 12.8 Å². The van der Waals surface area contributed by atoms with Gasteiger partial charge in [0.05, 0.1) is 5.66 Å². The van der Waals surface area contributed by atoms with Crippen molar-refractivity contribution in [2.75, 3.05) is 20.1 Å². The number of rotatable bonds is 9. The molecule has 2 aliphatic rings. The Balaban J connectivity index is 0.00000205. The van der Waals surface area contributed by atoms with Crippen LogP contribution in [0.25, 0.3) is 0 Å². The number of nitrogens with two attached hydrogens (primary N) is 2. The molecule has 204 valence electrons. The molecule has 0 aromatic heterocycles. The Hall–Kier alpha value is -1.99. The molecular weight excluding hydrogens is 466 g/mol. The Labute approximate surface area is 224 Å². The van der Waals surface area contributed by atoms with Gasteiger partial charge < -0.3 is 21.7 Å². The number of nitrogens with zero attached hydrogens (tertiary/aromatic N) is 2. The minimum absolute atomic E-state index is 0.163. The number of amidine groups is 1. The minimum atomic E-state index is -0.371. The highest BCUT2D eigenvalue weighted by atomic mass is 32.2. The summed E-state index contributed by atoms with van der Waals surface area (Å²) in [6.07, 6.45) is 16.9. The lowest BCUT2D eigenvalue weighted by atomic mass is 9.84. The molecule has 1 aliphatic heterocycles. The largest absolute Gasteiger partial charge is 0.399 e. The molecular formula is C29H51N5OS. The maximum Gasteiger partial charge on any atom is 0.226 e. The first-order valence-electron chi connectivity index (χ1n) is 13.4. The molecule has 6 nitrogen and oxygen atoms in total. The Kier molecular flexibility index (Phi) is 14.2. The second-order valence-electron chi connectivity index (χ2n) is 10.1. The van der Waals surface area contributed by atoms with Crippen LogP contribution >= 0.6 is 11.8 Å². The quantitative estimate of drug-likeness (QED) is 0.119. The molecule has 2 fully saturated rings. The van der Waals surface area contributed by atoms with Crippen LogP contribution < -0.4 is 16.8 Å². The van der Waals surface area contributed by atoms with Gasteiger partial charge in [-0.25, -0.2) is 0 Å². The number of allylic oxidation sites excluding steroid dienone is 3. The van der Waals surface area contributed by atoms with Gasteiger partial charge in [0.25, 0.3) is 0 Å². The Morgan fingerprint density at radius 1 is 1.28 bits per heavy atom. The van der Waals surface area contributed by atoms with E-state index in [-0.39, 0.29) is 16.3 Å². The number of hydrogen-bond donors (Lipinski definition) is 3. The molecule has 2 rings (SSSR count). The first kappa shape index (κ1) is 32.0. The summed E-state index contributed by atoms with van der Waals surface area (Å²) in [4.78, 5) is 19.1. The number of hydrogen-bond acceptors (Lipinski definition) is 5. The fourth-order valence-corrected chi connectivity index (χ4v) is 6.16. The topological polar surface area (TPSA) is 96.7 Å². The van der Waals surface area contributed by atoms with E-state index in [1.807, 2.05) is 50.1 Å². The SMILES string of the molecule is C=CC.C=CC(C)(SC(=NC)NC1(N)CCC(CC)C1)C1CCN(C(=O)C/C=C\C(N)=C/CC)CC1. The highest BCUT2D eigenvalue weighted by Crippen LogP contribution is 2.41. The van der Waals surface area contributed by atoms with Crippen LogP contribution in [0.15, 0.2) is 54.2 Å². The van der Waals surface area contributed by atoms with Gasteiger partial charge in [0, 0.05) is 37.0 Å². The van der Waals surface area contributed by atoms with Crippen molar-refractivity contribution in [2.45, 2.75) is 89.5 Å². The van der Waals surface area contributed by atoms with E-state index < -0.39 is 0 Å². The van der Waals surface area contributed by atoms with Gasteiger partial charge in [-0.3, -0.25) is 9.79 Å². The summed E-state index contributed by atoms with van der Waals surface area (Å²) in [6, 6.07) is 0. The van der Waals surface area contributed by atoms with E-state index in [2.05, 4.69) is 37.3 Å². The van der Waals surface area contributed by atoms with Crippen LogP contribution in [0.2, 0.25) is 0 Å². The number of carbonyl (C=O) groups is 1. The summed E-state index contributed by atoms with van der Waals surface area (Å²) in [5, 5.41) is 4.45. The van der Waals surface area contributed by atoms with Gasteiger partial charge in [-0.05, 0) is 70.3 Å². The molecule has 0 aromatic rings. The van der Waals surface area contributed by atoms with Crippen molar-refractivity contribution in [3.8, 4) is 0 Å². The number of piperidine rings is 1. The third-order valence-corrected chi connectivity index (χ3v) is 8.63. The van der Waals surface area contributed by atoms with Gasteiger partial charge in [0.15, 0.2) is 5.17 Å². The number of likely N-dealkylation sites (tertiary alicyclic amines) is 1. The van der Waals surface area contributed by atoms with Gasteiger partial charge in [-0.2, -0.15) is 0 Å². The summed E-state index contributed by atoms with van der Waals surface area (Å²) in [5.74, 6) is 1.27. The smallest absolute Gasteiger partial charge is 0.226 e.